The minimum absolute atomic E-state index is 0.0180. The molecule has 1 aliphatic heterocycles. The standard InChI is InChI=1S/C18H21F2N7O/c1-25-10-13(16(24-25)17(19)20)22-18(28)14-6-4-12-5-7-15(23-27(12)14)26-8-2-3-11(21)9-26/h4-7,10-11,17H,2-3,8-9,21H2,1H3,(H,22,28)/t11-/m1/s1. The molecule has 3 aromatic heterocycles. The lowest BCUT2D eigenvalue weighted by Crippen LogP contribution is -2.43. The molecule has 1 amide bonds. The highest BCUT2D eigenvalue weighted by atomic mass is 19.3. The molecule has 10 heteroatoms. The number of aryl methyl sites for hydroxylation is 1. The van der Waals surface area contributed by atoms with Crippen molar-refractivity contribution in [2.24, 2.45) is 12.8 Å². The Labute approximate surface area is 159 Å². The average molecular weight is 389 g/mol. The smallest absolute Gasteiger partial charge is 0.284 e. The van der Waals surface area contributed by atoms with Gasteiger partial charge >= 0.3 is 0 Å². The molecule has 1 fully saturated rings. The third kappa shape index (κ3) is 3.42. The highest BCUT2D eigenvalue weighted by molar-refractivity contribution is 6.04. The van der Waals surface area contributed by atoms with Crippen LogP contribution in [-0.2, 0) is 7.05 Å². The van der Waals surface area contributed by atoms with Crippen LogP contribution in [0.3, 0.4) is 0 Å². The van der Waals surface area contributed by atoms with Crippen LogP contribution in [0, 0.1) is 0 Å². The second-order valence-corrected chi connectivity index (χ2v) is 6.95. The first-order valence-electron chi connectivity index (χ1n) is 9.05. The number of alkyl halides is 2. The fourth-order valence-corrected chi connectivity index (χ4v) is 3.49. The molecule has 1 saturated heterocycles. The van der Waals surface area contributed by atoms with Crippen molar-refractivity contribution in [2.75, 3.05) is 23.3 Å². The number of piperidine rings is 1. The third-order valence-corrected chi connectivity index (χ3v) is 4.82. The number of nitrogens with zero attached hydrogens (tertiary/aromatic N) is 5. The van der Waals surface area contributed by atoms with Crippen molar-refractivity contribution in [1.82, 2.24) is 19.4 Å². The zero-order valence-electron chi connectivity index (χ0n) is 15.3. The van der Waals surface area contributed by atoms with Crippen molar-refractivity contribution < 1.29 is 13.6 Å². The summed E-state index contributed by atoms with van der Waals surface area (Å²) in [6.07, 6.45) is 0.530. The van der Waals surface area contributed by atoms with Gasteiger partial charge in [-0.3, -0.25) is 9.48 Å². The van der Waals surface area contributed by atoms with Crippen molar-refractivity contribution in [3.63, 3.8) is 0 Å². The van der Waals surface area contributed by atoms with Gasteiger partial charge in [-0.25, -0.2) is 13.3 Å². The Balaban J connectivity index is 1.63. The largest absolute Gasteiger partial charge is 0.354 e. The molecular weight excluding hydrogens is 368 g/mol. The molecule has 0 saturated carbocycles. The number of aromatic nitrogens is 4. The molecule has 4 rings (SSSR count). The highest BCUT2D eigenvalue weighted by Gasteiger charge is 2.22. The van der Waals surface area contributed by atoms with E-state index in [4.69, 9.17) is 5.73 Å². The van der Waals surface area contributed by atoms with E-state index in [0.29, 0.717) is 6.54 Å². The normalized spacial score (nSPS) is 17.5. The Morgan fingerprint density at radius 3 is 2.82 bits per heavy atom. The number of nitrogens with one attached hydrogen (secondary N) is 1. The maximum atomic E-state index is 13.1. The summed E-state index contributed by atoms with van der Waals surface area (Å²) in [7, 11) is 1.52. The molecule has 4 heterocycles. The number of fused-ring (bicyclic) bond motifs is 1. The van der Waals surface area contributed by atoms with E-state index in [0.717, 1.165) is 30.7 Å². The van der Waals surface area contributed by atoms with E-state index >= 15 is 0 Å². The molecule has 0 bridgehead atoms. The Morgan fingerprint density at radius 1 is 1.29 bits per heavy atom. The molecule has 1 atom stereocenters. The van der Waals surface area contributed by atoms with Gasteiger partial charge < -0.3 is 16.0 Å². The zero-order valence-corrected chi connectivity index (χ0v) is 15.3. The first-order valence-corrected chi connectivity index (χ1v) is 9.05. The molecule has 3 aromatic rings. The number of nitrogens with two attached hydrogens (primary N) is 1. The Hall–Kier alpha value is -3.01. The summed E-state index contributed by atoms with van der Waals surface area (Å²) in [5, 5.41) is 10.8. The van der Waals surface area contributed by atoms with Gasteiger partial charge in [-0.05, 0) is 37.1 Å². The lowest BCUT2D eigenvalue weighted by molar-refractivity contribution is 0.101. The predicted molar refractivity (Wildman–Crippen MR) is 101 cm³/mol. The molecule has 28 heavy (non-hydrogen) atoms. The summed E-state index contributed by atoms with van der Waals surface area (Å²) >= 11 is 0. The van der Waals surface area contributed by atoms with Crippen LogP contribution in [0.4, 0.5) is 20.3 Å². The van der Waals surface area contributed by atoms with Gasteiger partial charge in [0.25, 0.3) is 12.3 Å². The topological polar surface area (TPSA) is 93.5 Å². The first-order chi connectivity index (χ1) is 13.4. The maximum absolute atomic E-state index is 13.1. The molecule has 8 nitrogen and oxygen atoms in total. The lowest BCUT2D eigenvalue weighted by atomic mass is 10.1. The van der Waals surface area contributed by atoms with E-state index in [1.165, 1.54) is 22.4 Å². The van der Waals surface area contributed by atoms with Gasteiger partial charge in [0.1, 0.15) is 11.5 Å². The molecule has 0 unspecified atom stereocenters. The monoisotopic (exact) mass is 389 g/mol. The molecule has 3 N–H and O–H groups in total. The van der Waals surface area contributed by atoms with Crippen LogP contribution < -0.4 is 16.0 Å². The van der Waals surface area contributed by atoms with Gasteiger partial charge in [-0.2, -0.15) is 5.10 Å². The van der Waals surface area contributed by atoms with E-state index in [-0.39, 0.29) is 17.4 Å². The zero-order chi connectivity index (χ0) is 19.8. The summed E-state index contributed by atoms with van der Waals surface area (Å²) in [5.41, 5.74) is 6.55. The van der Waals surface area contributed by atoms with Gasteiger partial charge in [-0.15, -0.1) is 5.10 Å². The lowest BCUT2D eigenvalue weighted by Gasteiger charge is -2.31. The fraction of sp³-hybridized carbons (Fsp3) is 0.389. The van der Waals surface area contributed by atoms with Gasteiger partial charge in [0.15, 0.2) is 5.69 Å². The third-order valence-electron chi connectivity index (χ3n) is 4.82. The highest BCUT2D eigenvalue weighted by Crippen LogP contribution is 2.26. The Bertz CT molecular complexity index is 1010. The maximum Gasteiger partial charge on any atom is 0.284 e. The fourth-order valence-electron chi connectivity index (χ4n) is 3.49. The quantitative estimate of drug-likeness (QED) is 0.713. The number of anilines is 2. The Morgan fingerprint density at radius 2 is 2.07 bits per heavy atom. The summed E-state index contributed by atoms with van der Waals surface area (Å²) in [4.78, 5) is 14.8. The number of halogens is 2. The van der Waals surface area contributed by atoms with E-state index in [9.17, 15) is 13.6 Å². The predicted octanol–water partition coefficient (Wildman–Crippen LogP) is 2.19. The number of carbonyl (C=O) groups excluding carboxylic acids is 1. The first kappa shape index (κ1) is 18.4. The molecular formula is C18H21F2N7O. The van der Waals surface area contributed by atoms with Crippen LogP contribution in [0.15, 0.2) is 30.5 Å². The number of hydrogen-bond donors (Lipinski definition) is 2. The number of hydrogen-bond acceptors (Lipinski definition) is 5. The molecule has 0 aromatic carbocycles. The Kier molecular flexibility index (Phi) is 4.71. The van der Waals surface area contributed by atoms with Crippen molar-refractivity contribution in [3.05, 3.63) is 41.9 Å². The van der Waals surface area contributed by atoms with E-state index in [1.807, 2.05) is 12.1 Å². The van der Waals surface area contributed by atoms with Crippen LogP contribution in [0.2, 0.25) is 0 Å². The van der Waals surface area contributed by atoms with Gasteiger partial charge in [0.2, 0.25) is 0 Å². The van der Waals surface area contributed by atoms with Crippen LogP contribution in [0.1, 0.15) is 35.4 Å². The van der Waals surface area contributed by atoms with Crippen molar-refractivity contribution in [3.8, 4) is 0 Å². The summed E-state index contributed by atoms with van der Waals surface area (Å²) in [5.74, 6) is 0.192. The van der Waals surface area contributed by atoms with Crippen LogP contribution >= 0.6 is 0 Å². The van der Waals surface area contributed by atoms with Crippen molar-refractivity contribution in [2.45, 2.75) is 25.3 Å². The second kappa shape index (κ2) is 7.19. The summed E-state index contributed by atoms with van der Waals surface area (Å²) in [6, 6.07) is 7.23. The number of rotatable bonds is 4. The molecule has 1 aliphatic rings. The minimum atomic E-state index is -2.78. The average Bonchev–Trinajstić information content (AvgIpc) is 3.24. The number of carbonyl (C=O) groups is 1. The van der Waals surface area contributed by atoms with Crippen LogP contribution in [0.25, 0.3) is 5.52 Å². The van der Waals surface area contributed by atoms with Crippen molar-refractivity contribution in [1.29, 1.82) is 0 Å². The van der Waals surface area contributed by atoms with Gasteiger partial charge in [0, 0.05) is 32.4 Å². The minimum Gasteiger partial charge on any atom is -0.354 e. The van der Waals surface area contributed by atoms with Crippen molar-refractivity contribution >= 4 is 22.9 Å². The summed E-state index contributed by atoms with van der Waals surface area (Å²) in [6.45, 7) is 1.55. The van der Waals surface area contributed by atoms with Gasteiger partial charge in [-0.1, -0.05) is 0 Å². The molecule has 0 aliphatic carbocycles. The van der Waals surface area contributed by atoms with E-state index < -0.39 is 18.0 Å². The molecule has 0 radical (unpaired) electrons. The molecule has 148 valence electrons. The second-order valence-electron chi connectivity index (χ2n) is 6.95. The molecule has 0 spiro atoms. The number of amides is 1. The van der Waals surface area contributed by atoms with Crippen LogP contribution in [-0.4, -0.2) is 44.4 Å². The van der Waals surface area contributed by atoms with E-state index in [2.05, 4.69) is 20.4 Å². The summed E-state index contributed by atoms with van der Waals surface area (Å²) < 4.78 is 29.0. The van der Waals surface area contributed by atoms with Gasteiger partial charge in [0.05, 0.1) is 11.2 Å². The SMILES string of the molecule is Cn1cc(NC(=O)c2ccc3ccc(N4CCC[C@@H](N)C4)nn23)c(C(F)F)n1. The van der Waals surface area contributed by atoms with E-state index in [1.54, 1.807) is 12.1 Å². The van der Waals surface area contributed by atoms with Crippen LogP contribution in [0.5, 0.6) is 0 Å².